The molecule has 25 heteroatoms. The Bertz CT molecular complexity index is 5490. The SMILES string of the molecule is COc1ccc(F)c(NC(=O)Nc2ccc(C(C)C)cc2)c1.COc1ccc(NC(=O)Nc2ccc(C(C)C)cc2)c(F)c1.Cc1ccc(CCNC(=O)Nc2ccc(C(C)C)cc2)cc1.Cc1ccc(F)c(NC(=O)Nc2ccc(C(C)C)cc2)c1.Cc1ccc(F)c(NC(=O)Nc2ccc(C(C)C)cc2)c1.Cc1ccc(NC(=O)Nc2ccc(C(C)C)cc2)c(F)c1. The fourth-order valence-electron chi connectivity index (χ4n) is 12.0. The molecule has 12 aromatic carbocycles. The van der Waals surface area contributed by atoms with Crippen molar-refractivity contribution in [2.45, 2.75) is 153 Å². The lowest BCUT2D eigenvalue weighted by Crippen LogP contribution is -2.30. The lowest BCUT2D eigenvalue weighted by Gasteiger charge is -2.11. The number of rotatable bonds is 22. The molecule has 0 saturated heterocycles. The van der Waals surface area contributed by atoms with Crippen molar-refractivity contribution in [3.63, 3.8) is 0 Å². The van der Waals surface area contributed by atoms with Gasteiger partial charge in [-0.1, -0.05) is 204 Å². The van der Waals surface area contributed by atoms with Crippen molar-refractivity contribution in [1.29, 1.82) is 0 Å². The number of ether oxygens (including phenoxy) is 2. The minimum atomic E-state index is -0.551. The van der Waals surface area contributed by atoms with E-state index in [1.54, 1.807) is 49.4 Å². The highest BCUT2D eigenvalue weighted by molar-refractivity contribution is 6.03. The molecule has 0 bridgehead atoms. The predicted molar refractivity (Wildman–Crippen MR) is 518 cm³/mol. The molecule has 12 N–H and O–H groups in total. The summed E-state index contributed by atoms with van der Waals surface area (Å²) in [6, 6.07) is 73.9. The van der Waals surface area contributed by atoms with E-state index in [2.05, 4.69) is 178 Å². The number of benzene rings is 12. The van der Waals surface area contributed by atoms with Crippen molar-refractivity contribution >= 4 is 98.7 Å². The molecule has 12 aromatic rings. The maximum absolute atomic E-state index is 13.8. The number of carbonyl (C=O) groups excluding carboxylic acids is 6. The molecule has 0 unspecified atom stereocenters. The van der Waals surface area contributed by atoms with E-state index in [0.717, 1.165) is 28.8 Å². The monoisotopic (exact) mass is 1760 g/mol. The number of aryl methyl sites for hydroxylation is 4. The lowest BCUT2D eigenvalue weighted by molar-refractivity contribution is 0.252. The molecule has 0 atom stereocenters. The fourth-order valence-corrected chi connectivity index (χ4v) is 12.0. The van der Waals surface area contributed by atoms with Crippen molar-refractivity contribution < 1.29 is 60.2 Å². The van der Waals surface area contributed by atoms with E-state index in [9.17, 15) is 50.7 Å². The minimum absolute atomic E-state index is 0.0654. The molecule has 678 valence electrons. The van der Waals surface area contributed by atoms with Crippen LogP contribution in [0.4, 0.5) is 113 Å². The van der Waals surface area contributed by atoms with Crippen LogP contribution in [0, 0.1) is 56.8 Å². The number of halogens is 5. The highest BCUT2D eigenvalue weighted by Gasteiger charge is 2.16. The second-order valence-corrected chi connectivity index (χ2v) is 32.3. The summed E-state index contributed by atoms with van der Waals surface area (Å²) in [5, 5.41) is 31.6. The highest BCUT2D eigenvalue weighted by atomic mass is 19.1. The summed E-state index contributed by atoms with van der Waals surface area (Å²) >= 11 is 0. The van der Waals surface area contributed by atoms with Gasteiger partial charge in [-0.15, -0.1) is 0 Å². The number of anilines is 11. The zero-order valence-electron chi connectivity index (χ0n) is 76.4. The third-order valence-corrected chi connectivity index (χ3v) is 19.8. The molecule has 12 amide bonds. The largest absolute Gasteiger partial charge is 0.497 e. The second kappa shape index (κ2) is 51.2. The van der Waals surface area contributed by atoms with Gasteiger partial charge in [0, 0.05) is 52.8 Å². The summed E-state index contributed by atoms with van der Waals surface area (Å²) in [6.45, 7) is 33.5. The Kier molecular flexibility index (Phi) is 40.3. The van der Waals surface area contributed by atoms with Crippen molar-refractivity contribution in [3.8, 4) is 11.5 Å². The van der Waals surface area contributed by atoms with Crippen molar-refractivity contribution in [1.82, 2.24) is 5.32 Å². The molecule has 0 fully saturated rings. The number of methoxy groups -OCH3 is 2. The van der Waals surface area contributed by atoms with E-state index < -0.39 is 59.2 Å². The Morgan fingerprint density at radius 1 is 0.240 bits per heavy atom. The quantitative estimate of drug-likeness (QED) is 0.0290. The molecule has 0 heterocycles. The summed E-state index contributed by atoms with van der Waals surface area (Å²) in [7, 11) is 2.93. The molecule has 0 saturated carbocycles. The topological polar surface area (TPSA) is 265 Å². The number of hydrogen-bond donors (Lipinski definition) is 12. The Hall–Kier alpha value is -14.5. The van der Waals surface area contributed by atoms with Gasteiger partial charge in [-0.25, -0.2) is 50.7 Å². The molecule has 0 aliphatic carbocycles. The van der Waals surface area contributed by atoms with Crippen LogP contribution < -0.4 is 73.3 Å². The molecule has 12 rings (SSSR count). The van der Waals surface area contributed by atoms with Gasteiger partial charge in [-0.3, -0.25) is 0 Å². The van der Waals surface area contributed by atoms with E-state index in [1.165, 1.54) is 107 Å². The molecular formula is C104H119F5N12O8. The number of amides is 12. The van der Waals surface area contributed by atoms with Crippen molar-refractivity contribution in [3.05, 3.63) is 351 Å². The standard InChI is InChI=1S/C19H24N2O.2C17H19FN2O2.3C17H19FN2O/c1-14(2)17-8-10-18(11-9-17)21-19(22)20-13-12-16-6-4-15(3)5-7-16;1-11(2)12-4-6-13(7-5-12)19-17(21)20-16-9-8-14(22-3)10-15(16)18;1-11(2)12-4-6-13(7-5-12)19-17(21)20-16-10-14(22-3)8-9-15(16)18;1-11(2)13-5-7-14(8-6-13)19-17(21)20-16-9-4-12(3)10-15(16)18;2*1-11(2)13-5-7-14(8-6-13)19-17(21)20-16-10-12(3)4-9-15(16)18/h4-11,14H,12-13H2,1-3H3,(H2,20,21,22);2*4-11H,1-3H3,(H2,19,20,21);3*4-11H,1-3H3,(H2,19,20,21). The Labute approximate surface area is 754 Å². The van der Waals surface area contributed by atoms with Crippen LogP contribution in [0.15, 0.2) is 261 Å². The molecule has 20 nitrogen and oxygen atoms in total. The van der Waals surface area contributed by atoms with Gasteiger partial charge >= 0.3 is 36.2 Å². The van der Waals surface area contributed by atoms with Gasteiger partial charge in [0.1, 0.15) is 40.6 Å². The minimum Gasteiger partial charge on any atom is -0.497 e. The summed E-state index contributed by atoms with van der Waals surface area (Å²) in [5.74, 6) is 1.11. The molecule has 0 aliphatic rings. The Morgan fingerprint density at radius 2 is 0.473 bits per heavy atom. The maximum Gasteiger partial charge on any atom is 0.323 e. The van der Waals surface area contributed by atoms with E-state index >= 15 is 0 Å². The van der Waals surface area contributed by atoms with E-state index in [0.29, 0.717) is 82.0 Å². The van der Waals surface area contributed by atoms with E-state index in [4.69, 9.17) is 9.47 Å². The Balaban J connectivity index is 0.000000212. The second-order valence-electron chi connectivity index (χ2n) is 32.3. The summed E-state index contributed by atoms with van der Waals surface area (Å²) < 4.78 is 78.1. The molecule has 0 aliphatic heterocycles. The van der Waals surface area contributed by atoms with Crippen LogP contribution >= 0.6 is 0 Å². The van der Waals surface area contributed by atoms with E-state index in [-0.39, 0.29) is 34.5 Å². The molecule has 0 spiro atoms. The van der Waals surface area contributed by atoms with Gasteiger partial charge < -0.3 is 73.3 Å². The van der Waals surface area contributed by atoms with Gasteiger partial charge in [0.2, 0.25) is 0 Å². The molecular weight excluding hydrogens is 1640 g/mol. The first kappa shape index (κ1) is 102. The average Bonchev–Trinajstić information content (AvgIpc) is 0.902. The van der Waals surface area contributed by atoms with Crippen LogP contribution in [0.1, 0.15) is 180 Å². The van der Waals surface area contributed by atoms with E-state index in [1.807, 2.05) is 159 Å². The van der Waals surface area contributed by atoms with Crippen LogP contribution in [0.5, 0.6) is 11.5 Å². The Morgan fingerprint density at radius 3 is 0.760 bits per heavy atom. The molecule has 0 aromatic heterocycles. The normalized spacial score (nSPS) is 10.5. The van der Waals surface area contributed by atoms with Gasteiger partial charge in [-0.2, -0.15) is 0 Å². The summed E-state index contributed by atoms with van der Waals surface area (Å²) in [6.07, 6.45) is 0.833. The maximum atomic E-state index is 13.8. The van der Waals surface area contributed by atoms with Gasteiger partial charge in [0.15, 0.2) is 0 Å². The number of nitrogens with one attached hydrogen (secondary N) is 12. The predicted octanol–water partition coefficient (Wildman–Crippen LogP) is 28.4. The van der Waals surface area contributed by atoms with Gasteiger partial charge in [0.05, 0.1) is 42.7 Å². The molecule has 129 heavy (non-hydrogen) atoms. The molecule has 0 radical (unpaired) electrons. The lowest BCUT2D eigenvalue weighted by atomic mass is 10.0. The third-order valence-electron chi connectivity index (χ3n) is 19.8. The first-order chi connectivity index (χ1) is 61.4. The van der Waals surface area contributed by atoms with Crippen LogP contribution in [0.2, 0.25) is 0 Å². The number of hydrogen-bond acceptors (Lipinski definition) is 8. The van der Waals surface area contributed by atoms with Crippen LogP contribution in [0.3, 0.4) is 0 Å². The number of urea groups is 6. The zero-order chi connectivity index (χ0) is 94.4. The zero-order valence-corrected chi connectivity index (χ0v) is 76.4. The van der Waals surface area contributed by atoms with Crippen LogP contribution in [0.25, 0.3) is 0 Å². The fraction of sp³-hybridized carbons (Fsp3) is 0.250. The first-order valence-electron chi connectivity index (χ1n) is 42.5. The third kappa shape index (κ3) is 35.8. The smallest absolute Gasteiger partial charge is 0.323 e. The van der Waals surface area contributed by atoms with Crippen molar-refractivity contribution in [2.75, 3.05) is 79.2 Å². The van der Waals surface area contributed by atoms with Crippen molar-refractivity contribution in [2.24, 2.45) is 0 Å². The highest BCUT2D eigenvalue weighted by Crippen LogP contribution is 2.28. The summed E-state index contributed by atoms with van der Waals surface area (Å²) in [5.41, 5.74) is 17.1. The average molecular weight is 1760 g/mol. The van der Waals surface area contributed by atoms with Gasteiger partial charge in [0.25, 0.3) is 0 Å². The summed E-state index contributed by atoms with van der Waals surface area (Å²) in [4.78, 5) is 71.3. The van der Waals surface area contributed by atoms with Crippen LogP contribution in [-0.2, 0) is 6.42 Å². The van der Waals surface area contributed by atoms with Gasteiger partial charge in [-0.05, 0) is 259 Å². The van der Waals surface area contributed by atoms with Crippen LogP contribution in [-0.4, -0.2) is 57.0 Å². The first-order valence-corrected chi connectivity index (χ1v) is 42.5. The number of carbonyl (C=O) groups is 6.